The van der Waals surface area contributed by atoms with Gasteiger partial charge in [0, 0.05) is 51.6 Å². The summed E-state index contributed by atoms with van der Waals surface area (Å²) in [6.45, 7) is 6.27. The summed E-state index contributed by atoms with van der Waals surface area (Å²) >= 11 is 0. The highest BCUT2D eigenvalue weighted by Gasteiger charge is 2.10. The third-order valence-corrected chi connectivity index (χ3v) is 3.45. The molecule has 2 N–H and O–H groups in total. The minimum Gasteiger partial charge on any atom is -0.383 e. The van der Waals surface area contributed by atoms with Gasteiger partial charge in [0.2, 0.25) is 0 Å². The number of anilines is 1. The molecule has 0 aliphatic carbocycles. The van der Waals surface area contributed by atoms with E-state index in [0.717, 1.165) is 39.4 Å². The number of ether oxygens (including phenoxy) is 2. The maximum absolute atomic E-state index is 11.9. The van der Waals surface area contributed by atoms with Crippen LogP contribution in [0.1, 0.15) is 10.4 Å². The normalized spacial score (nSPS) is 15.5. The smallest absolute Gasteiger partial charge is 0.251 e. The zero-order chi connectivity index (χ0) is 15.6. The molecule has 1 fully saturated rings. The quantitative estimate of drug-likeness (QED) is 0.668. The van der Waals surface area contributed by atoms with Gasteiger partial charge in [-0.2, -0.15) is 0 Å². The molecule has 0 spiro atoms. The average Bonchev–Trinajstić information content (AvgIpc) is 2.56. The molecular formula is C15H24N4O3. The van der Waals surface area contributed by atoms with E-state index < -0.39 is 0 Å². The van der Waals surface area contributed by atoms with Crippen molar-refractivity contribution in [1.82, 2.24) is 15.2 Å². The topological polar surface area (TPSA) is 75.7 Å². The molecule has 0 atom stereocenters. The summed E-state index contributed by atoms with van der Waals surface area (Å²) in [5.41, 5.74) is 0.597. The van der Waals surface area contributed by atoms with E-state index >= 15 is 0 Å². The number of amides is 1. The lowest BCUT2D eigenvalue weighted by Gasteiger charge is -2.26. The number of rotatable bonds is 8. The molecule has 0 unspecified atom stereocenters. The van der Waals surface area contributed by atoms with E-state index in [9.17, 15) is 4.79 Å². The standard InChI is InChI=1S/C15H24N4O3/c1-21-9-5-18-15(20)13-2-3-16-14(12-13)17-4-6-19-7-10-22-11-8-19/h2-3,12H,4-11H2,1H3,(H,16,17)(H,18,20). The molecule has 0 saturated carbocycles. The molecule has 122 valence electrons. The van der Waals surface area contributed by atoms with Gasteiger partial charge in [0.05, 0.1) is 19.8 Å². The molecule has 1 aromatic heterocycles. The van der Waals surface area contributed by atoms with Gasteiger partial charge in [0.15, 0.2) is 0 Å². The number of aromatic nitrogens is 1. The van der Waals surface area contributed by atoms with Gasteiger partial charge in [0.1, 0.15) is 5.82 Å². The van der Waals surface area contributed by atoms with E-state index in [1.807, 2.05) is 0 Å². The predicted molar refractivity (Wildman–Crippen MR) is 84.2 cm³/mol. The number of carbonyl (C=O) groups is 1. The van der Waals surface area contributed by atoms with Gasteiger partial charge in [-0.15, -0.1) is 0 Å². The Hall–Kier alpha value is -1.70. The third-order valence-electron chi connectivity index (χ3n) is 3.45. The van der Waals surface area contributed by atoms with Crippen molar-refractivity contribution >= 4 is 11.7 Å². The van der Waals surface area contributed by atoms with Crippen molar-refractivity contribution in [3.05, 3.63) is 23.9 Å². The van der Waals surface area contributed by atoms with Crippen LogP contribution >= 0.6 is 0 Å². The minimum atomic E-state index is -0.115. The SMILES string of the molecule is COCCNC(=O)c1ccnc(NCCN2CCOCC2)c1. The molecule has 22 heavy (non-hydrogen) atoms. The van der Waals surface area contributed by atoms with Crippen LogP contribution in [0.3, 0.4) is 0 Å². The number of hydrogen-bond donors (Lipinski definition) is 2. The van der Waals surface area contributed by atoms with Crippen molar-refractivity contribution in [2.24, 2.45) is 0 Å². The van der Waals surface area contributed by atoms with Crippen LogP contribution in [-0.2, 0) is 9.47 Å². The fourth-order valence-corrected chi connectivity index (χ4v) is 2.20. The Bertz CT molecular complexity index is 464. The Morgan fingerprint density at radius 1 is 1.41 bits per heavy atom. The molecule has 2 rings (SSSR count). The monoisotopic (exact) mass is 308 g/mol. The van der Waals surface area contributed by atoms with Crippen molar-refractivity contribution < 1.29 is 14.3 Å². The lowest BCUT2D eigenvalue weighted by Crippen LogP contribution is -2.39. The number of methoxy groups -OCH3 is 1. The lowest BCUT2D eigenvalue weighted by molar-refractivity contribution is 0.0398. The summed E-state index contributed by atoms with van der Waals surface area (Å²) in [5.74, 6) is 0.600. The number of nitrogens with one attached hydrogen (secondary N) is 2. The van der Waals surface area contributed by atoms with Crippen molar-refractivity contribution in [2.75, 3.05) is 65.0 Å². The number of hydrogen-bond acceptors (Lipinski definition) is 6. The number of nitrogens with zero attached hydrogens (tertiary/aromatic N) is 2. The first-order valence-electron chi connectivity index (χ1n) is 7.57. The second-order valence-corrected chi connectivity index (χ2v) is 5.06. The molecule has 1 saturated heterocycles. The zero-order valence-electron chi connectivity index (χ0n) is 13.0. The van der Waals surface area contributed by atoms with Crippen LogP contribution in [0, 0.1) is 0 Å². The molecule has 1 aliphatic rings. The summed E-state index contributed by atoms with van der Waals surface area (Å²) < 4.78 is 10.2. The van der Waals surface area contributed by atoms with E-state index in [2.05, 4.69) is 20.5 Å². The van der Waals surface area contributed by atoms with E-state index in [0.29, 0.717) is 24.5 Å². The Labute approximate surface area is 131 Å². The van der Waals surface area contributed by atoms with Gasteiger partial charge in [0.25, 0.3) is 5.91 Å². The van der Waals surface area contributed by atoms with E-state index in [1.54, 1.807) is 25.4 Å². The average molecular weight is 308 g/mol. The van der Waals surface area contributed by atoms with Gasteiger partial charge < -0.3 is 20.1 Å². The molecule has 1 aromatic rings. The van der Waals surface area contributed by atoms with Crippen LogP contribution in [0.15, 0.2) is 18.3 Å². The van der Waals surface area contributed by atoms with Gasteiger partial charge in [-0.3, -0.25) is 9.69 Å². The lowest BCUT2D eigenvalue weighted by atomic mass is 10.2. The second kappa shape index (κ2) is 9.34. The molecule has 1 aliphatic heterocycles. The van der Waals surface area contributed by atoms with Crippen LogP contribution in [0.4, 0.5) is 5.82 Å². The van der Waals surface area contributed by atoms with Gasteiger partial charge in [-0.25, -0.2) is 4.98 Å². The first-order chi connectivity index (χ1) is 10.8. The van der Waals surface area contributed by atoms with Crippen molar-refractivity contribution in [3.63, 3.8) is 0 Å². The minimum absolute atomic E-state index is 0.115. The highest BCUT2D eigenvalue weighted by Crippen LogP contribution is 2.07. The first-order valence-corrected chi connectivity index (χ1v) is 7.57. The largest absolute Gasteiger partial charge is 0.383 e. The molecular weight excluding hydrogens is 284 g/mol. The van der Waals surface area contributed by atoms with Gasteiger partial charge in [-0.1, -0.05) is 0 Å². The Morgan fingerprint density at radius 3 is 3.00 bits per heavy atom. The Balaban J connectivity index is 1.76. The molecule has 0 aromatic carbocycles. The molecule has 7 nitrogen and oxygen atoms in total. The van der Waals surface area contributed by atoms with Gasteiger partial charge in [-0.05, 0) is 12.1 Å². The summed E-state index contributed by atoms with van der Waals surface area (Å²) in [7, 11) is 1.61. The fraction of sp³-hybridized carbons (Fsp3) is 0.600. The fourth-order valence-electron chi connectivity index (χ4n) is 2.20. The third kappa shape index (κ3) is 5.59. The highest BCUT2D eigenvalue weighted by atomic mass is 16.5. The number of morpholine rings is 1. The van der Waals surface area contributed by atoms with E-state index in [4.69, 9.17) is 9.47 Å². The summed E-state index contributed by atoms with van der Waals surface area (Å²) in [6.07, 6.45) is 1.64. The molecule has 1 amide bonds. The van der Waals surface area contributed by atoms with Crippen LogP contribution in [0.5, 0.6) is 0 Å². The van der Waals surface area contributed by atoms with Crippen molar-refractivity contribution in [2.45, 2.75) is 0 Å². The molecule has 0 bridgehead atoms. The van der Waals surface area contributed by atoms with Gasteiger partial charge >= 0.3 is 0 Å². The maximum atomic E-state index is 11.9. The predicted octanol–water partition coefficient (Wildman–Crippen LogP) is 0.202. The number of carbonyl (C=O) groups excluding carboxylic acids is 1. The maximum Gasteiger partial charge on any atom is 0.251 e. The van der Waals surface area contributed by atoms with Crippen LogP contribution in [0.25, 0.3) is 0 Å². The zero-order valence-corrected chi connectivity index (χ0v) is 13.0. The summed E-state index contributed by atoms with van der Waals surface area (Å²) in [6, 6.07) is 3.47. The molecule has 2 heterocycles. The van der Waals surface area contributed by atoms with Crippen LogP contribution in [-0.4, -0.2) is 75.4 Å². The van der Waals surface area contributed by atoms with Crippen LogP contribution < -0.4 is 10.6 Å². The van der Waals surface area contributed by atoms with Crippen molar-refractivity contribution in [1.29, 1.82) is 0 Å². The van der Waals surface area contributed by atoms with Crippen molar-refractivity contribution in [3.8, 4) is 0 Å². The Kier molecular flexibility index (Phi) is 7.08. The van der Waals surface area contributed by atoms with E-state index in [1.165, 1.54) is 0 Å². The summed E-state index contributed by atoms with van der Waals surface area (Å²) in [4.78, 5) is 18.5. The second-order valence-electron chi connectivity index (χ2n) is 5.06. The van der Waals surface area contributed by atoms with E-state index in [-0.39, 0.29) is 5.91 Å². The molecule has 7 heteroatoms. The Morgan fingerprint density at radius 2 is 2.23 bits per heavy atom. The first kappa shape index (κ1) is 16.7. The highest BCUT2D eigenvalue weighted by molar-refractivity contribution is 5.94. The van der Waals surface area contributed by atoms with Crippen LogP contribution in [0.2, 0.25) is 0 Å². The molecule has 0 radical (unpaired) electrons. The summed E-state index contributed by atoms with van der Waals surface area (Å²) in [5, 5.41) is 6.05. The number of pyridine rings is 1.